The van der Waals surface area contributed by atoms with Crippen LogP contribution >= 0.6 is 11.6 Å². The lowest BCUT2D eigenvalue weighted by molar-refractivity contribution is -0.598. The predicted octanol–water partition coefficient (Wildman–Crippen LogP) is 4.91. The molecule has 1 aromatic heterocycles. The summed E-state index contributed by atoms with van der Waals surface area (Å²) in [6.45, 7) is 2.51. The Morgan fingerprint density at radius 1 is 1.23 bits per heavy atom. The molecule has 0 unspecified atom stereocenters. The Hall–Kier alpha value is -3.65. The third-order valence-corrected chi connectivity index (χ3v) is 4.61. The monoisotopic (exact) mass is 441 g/mol. The number of aromatic nitrogens is 2. The first-order chi connectivity index (χ1) is 14.9. The van der Waals surface area contributed by atoms with Gasteiger partial charge in [-0.15, -0.1) is 0 Å². The van der Waals surface area contributed by atoms with E-state index in [2.05, 4.69) is 4.98 Å². The second-order valence-electron chi connectivity index (χ2n) is 6.51. The van der Waals surface area contributed by atoms with Crippen molar-refractivity contribution in [1.82, 2.24) is 4.98 Å². The number of hydrogen-bond donors (Lipinski definition) is 0. The maximum absolute atomic E-state index is 12.8. The lowest BCUT2D eigenvalue weighted by Gasteiger charge is -2.13. The zero-order chi connectivity index (χ0) is 22.4. The van der Waals surface area contributed by atoms with Crippen molar-refractivity contribution in [2.45, 2.75) is 13.3 Å². The Morgan fingerprint density at radius 2 is 2.03 bits per heavy atom. The van der Waals surface area contributed by atoms with Gasteiger partial charge in [-0.3, -0.25) is 10.1 Å². The molecule has 0 radical (unpaired) electrons. The number of non-ortho nitro benzene ring substituents is 1. The van der Waals surface area contributed by atoms with Gasteiger partial charge < -0.3 is 14.7 Å². The molecule has 0 aliphatic carbocycles. The quantitative estimate of drug-likeness (QED) is 0.213. The Bertz CT molecular complexity index is 1130. The van der Waals surface area contributed by atoms with E-state index in [-0.39, 0.29) is 11.5 Å². The van der Waals surface area contributed by atoms with Gasteiger partial charge in [0.1, 0.15) is 11.9 Å². The summed E-state index contributed by atoms with van der Waals surface area (Å²) < 4.78 is 11.6. The van der Waals surface area contributed by atoms with E-state index in [9.17, 15) is 15.3 Å². The van der Waals surface area contributed by atoms with Gasteiger partial charge in [0.25, 0.3) is 5.69 Å². The standard InChI is InChI=1S/C22H20ClN3O5/c1-3-11-31-21-19(23)12-15(13-20(21)30-2)7-8-17-9-10-24-22(25(17)27)16-5-4-6-18(14-16)26(28)29/h4-10,12-14H,3,11H2,1-2H3/b8-7+. The van der Waals surface area contributed by atoms with E-state index >= 15 is 0 Å². The lowest BCUT2D eigenvalue weighted by Crippen LogP contribution is -2.33. The topological polar surface area (TPSA) is 101 Å². The Balaban J connectivity index is 1.93. The average molecular weight is 442 g/mol. The minimum atomic E-state index is -0.520. The van der Waals surface area contributed by atoms with Gasteiger partial charge in [0.2, 0.25) is 0 Å². The molecule has 8 nitrogen and oxygen atoms in total. The molecule has 0 spiro atoms. The summed E-state index contributed by atoms with van der Waals surface area (Å²) in [5.41, 5.74) is 1.24. The third-order valence-electron chi connectivity index (χ3n) is 4.33. The predicted molar refractivity (Wildman–Crippen MR) is 118 cm³/mol. The van der Waals surface area contributed by atoms with Crippen LogP contribution in [0.3, 0.4) is 0 Å². The lowest BCUT2D eigenvalue weighted by atomic mass is 10.1. The van der Waals surface area contributed by atoms with Crippen LogP contribution in [0.5, 0.6) is 11.5 Å². The molecule has 0 bridgehead atoms. The van der Waals surface area contributed by atoms with Crippen molar-refractivity contribution in [2.24, 2.45) is 0 Å². The summed E-state index contributed by atoms with van der Waals surface area (Å²) in [5.74, 6) is 1.02. The number of nitro benzene ring substituents is 1. The molecule has 0 saturated carbocycles. The van der Waals surface area contributed by atoms with Crippen molar-refractivity contribution in [1.29, 1.82) is 0 Å². The molecule has 2 aromatic carbocycles. The van der Waals surface area contributed by atoms with Crippen molar-refractivity contribution in [2.75, 3.05) is 13.7 Å². The highest BCUT2D eigenvalue weighted by atomic mass is 35.5. The summed E-state index contributed by atoms with van der Waals surface area (Å²) in [7, 11) is 1.53. The highest BCUT2D eigenvalue weighted by Crippen LogP contribution is 2.37. The first kappa shape index (κ1) is 22.0. The molecular formula is C22H20ClN3O5. The van der Waals surface area contributed by atoms with Crippen LogP contribution in [0.1, 0.15) is 24.6 Å². The van der Waals surface area contributed by atoms with E-state index in [4.69, 9.17) is 21.1 Å². The van der Waals surface area contributed by atoms with E-state index in [1.807, 2.05) is 6.92 Å². The maximum Gasteiger partial charge on any atom is 0.333 e. The molecule has 1 heterocycles. The number of ether oxygens (including phenoxy) is 2. The summed E-state index contributed by atoms with van der Waals surface area (Å²) in [6, 6.07) is 10.8. The van der Waals surface area contributed by atoms with Gasteiger partial charge in [0.15, 0.2) is 11.5 Å². The molecule has 9 heteroatoms. The summed E-state index contributed by atoms with van der Waals surface area (Å²) in [6.07, 6.45) is 5.61. The van der Waals surface area contributed by atoms with Gasteiger partial charge in [-0.2, -0.15) is 0 Å². The van der Waals surface area contributed by atoms with E-state index in [1.165, 1.54) is 31.5 Å². The molecule has 0 aliphatic heterocycles. The van der Waals surface area contributed by atoms with Crippen LogP contribution in [0.4, 0.5) is 5.69 Å². The molecule has 31 heavy (non-hydrogen) atoms. The SMILES string of the molecule is CCCOc1c(Cl)cc(/C=C/c2ccnc(-c3cccc([N+](=O)[O-])c3)[n+]2[O-])cc1OC. The molecule has 0 saturated heterocycles. The van der Waals surface area contributed by atoms with Crippen LogP contribution in [0.2, 0.25) is 5.02 Å². The molecule has 0 aliphatic rings. The Kier molecular flexibility index (Phi) is 7.04. The van der Waals surface area contributed by atoms with Crippen molar-refractivity contribution in [3.8, 4) is 22.9 Å². The van der Waals surface area contributed by atoms with E-state index in [1.54, 1.807) is 36.4 Å². The minimum absolute atomic E-state index is 0.0600. The first-order valence-electron chi connectivity index (χ1n) is 9.46. The summed E-state index contributed by atoms with van der Waals surface area (Å²) in [5, 5.41) is 24.2. The summed E-state index contributed by atoms with van der Waals surface area (Å²) >= 11 is 6.34. The van der Waals surface area contributed by atoms with Crippen molar-refractivity contribution >= 4 is 29.4 Å². The normalized spacial score (nSPS) is 10.9. The van der Waals surface area contributed by atoms with Crippen molar-refractivity contribution in [3.05, 3.63) is 80.3 Å². The number of methoxy groups -OCH3 is 1. The van der Waals surface area contributed by atoms with Gasteiger partial charge in [-0.25, -0.2) is 4.73 Å². The second-order valence-corrected chi connectivity index (χ2v) is 6.92. The molecule has 0 fully saturated rings. The van der Waals surface area contributed by atoms with Gasteiger partial charge in [0, 0.05) is 18.2 Å². The zero-order valence-corrected chi connectivity index (χ0v) is 17.7. The van der Waals surface area contributed by atoms with Crippen LogP contribution in [-0.2, 0) is 0 Å². The molecule has 3 aromatic rings. The van der Waals surface area contributed by atoms with Crippen molar-refractivity contribution in [3.63, 3.8) is 0 Å². The highest BCUT2D eigenvalue weighted by Gasteiger charge is 2.16. The smallest absolute Gasteiger partial charge is 0.333 e. The number of rotatable bonds is 8. The fourth-order valence-corrected chi connectivity index (χ4v) is 3.14. The third kappa shape index (κ3) is 5.10. The van der Waals surface area contributed by atoms with Gasteiger partial charge in [0.05, 0.1) is 29.2 Å². The highest BCUT2D eigenvalue weighted by molar-refractivity contribution is 6.32. The molecular weight excluding hydrogens is 422 g/mol. The fraction of sp³-hybridized carbons (Fsp3) is 0.182. The second kappa shape index (κ2) is 9.90. The largest absolute Gasteiger partial charge is 0.710 e. The average Bonchev–Trinajstić information content (AvgIpc) is 2.77. The minimum Gasteiger partial charge on any atom is -0.710 e. The Morgan fingerprint density at radius 3 is 2.74 bits per heavy atom. The van der Waals surface area contributed by atoms with E-state index in [0.29, 0.717) is 44.7 Å². The molecule has 3 rings (SSSR count). The van der Waals surface area contributed by atoms with E-state index < -0.39 is 4.92 Å². The van der Waals surface area contributed by atoms with Crippen LogP contribution in [0.25, 0.3) is 23.5 Å². The Labute approximate surface area is 184 Å². The van der Waals surface area contributed by atoms with Gasteiger partial charge in [-0.05, 0) is 41.2 Å². The van der Waals surface area contributed by atoms with Crippen LogP contribution < -0.4 is 14.2 Å². The zero-order valence-electron chi connectivity index (χ0n) is 16.9. The number of nitro groups is 1. The van der Waals surface area contributed by atoms with Crippen molar-refractivity contribution < 1.29 is 19.1 Å². The number of nitrogens with zero attached hydrogens (tertiary/aromatic N) is 3. The van der Waals surface area contributed by atoms with Crippen LogP contribution in [0, 0.1) is 15.3 Å². The van der Waals surface area contributed by atoms with Crippen LogP contribution in [0.15, 0.2) is 48.7 Å². The first-order valence-corrected chi connectivity index (χ1v) is 9.84. The molecule has 0 amide bonds. The fourth-order valence-electron chi connectivity index (χ4n) is 2.86. The van der Waals surface area contributed by atoms with Gasteiger partial charge >= 0.3 is 5.82 Å². The summed E-state index contributed by atoms with van der Waals surface area (Å²) in [4.78, 5) is 14.6. The number of benzene rings is 2. The molecule has 0 N–H and O–H groups in total. The van der Waals surface area contributed by atoms with Gasteiger partial charge in [-0.1, -0.05) is 30.7 Å². The number of halogens is 1. The van der Waals surface area contributed by atoms with Crippen LogP contribution in [-0.4, -0.2) is 23.6 Å². The maximum atomic E-state index is 12.8. The van der Waals surface area contributed by atoms with E-state index in [0.717, 1.165) is 6.42 Å². The molecule has 160 valence electrons. The number of hydrogen-bond acceptors (Lipinski definition) is 6. The molecule has 0 atom stereocenters.